The third kappa shape index (κ3) is 4.14. The van der Waals surface area contributed by atoms with Crippen LogP contribution in [0.4, 0.5) is 4.39 Å². The molecule has 0 unspecified atom stereocenters. The quantitative estimate of drug-likeness (QED) is 0.536. The minimum atomic E-state index is -0.482. The van der Waals surface area contributed by atoms with Crippen molar-refractivity contribution in [1.29, 1.82) is 0 Å². The Morgan fingerprint density at radius 1 is 0.963 bits per heavy atom. The van der Waals surface area contributed by atoms with E-state index in [0.29, 0.717) is 0 Å². The zero-order valence-corrected chi connectivity index (χ0v) is 14.7. The Morgan fingerprint density at radius 3 is 1.96 bits per heavy atom. The maximum absolute atomic E-state index is 13.3. The van der Waals surface area contributed by atoms with Crippen molar-refractivity contribution in [3.63, 3.8) is 0 Å². The number of benzene rings is 2. The number of aliphatic imine (C=N–C) groups is 1. The Bertz CT molecular complexity index is 972. The first-order valence-corrected chi connectivity index (χ1v) is 8.20. The van der Waals surface area contributed by atoms with E-state index in [1.165, 1.54) is 12.1 Å². The van der Waals surface area contributed by atoms with Gasteiger partial charge in [-0.1, -0.05) is 0 Å². The van der Waals surface area contributed by atoms with E-state index >= 15 is 0 Å². The molecule has 0 fully saturated rings. The number of rotatable bonds is 5. The largest absolute Gasteiger partial charge is 0.497 e. The van der Waals surface area contributed by atoms with Crippen LogP contribution in [-0.2, 0) is 11.3 Å². The second kappa shape index (κ2) is 7.74. The zero-order valence-electron chi connectivity index (χ0n) is 14.7. The standard InChI is InChI=1S/C20H19FN4O2/c1-27-16-8-4-14(5-9-16)18-11-10-17(13-2-6-15(21)7-3-13)25(18)12-19(26)24-20(22)23/h2-11H,12H2,1H3,(H4,22,23,24,26). The highest BCUT2D eigenvalue weighted by Crippen LogP contribution is 2.30. The first-order chi connectivity index (χ1) is 13.0. The van der Waals surface area contributed by atoms with Gasteiger partial charge in [-0.15, -0.1) is 0 Å². The van der Waals surface area contributed by atoms with E-state index in [9.17, 15) is 9.18 Å². The lowest BCUT2D eigenvalue weighted by Crippen LogP contribution is -2.25. The van der Waals surface area contributed by atoms with Crippen molar-refractivity contribution in [3.8, 4) is 28.3 Å². The van der Waals surface area contributed by atoms with Crippen molar-refractivity contribution in [2.24, 2.45) is 16.5 Å². The summed E-state index contributed by atoms with van der Waals surface area (Å²) in [6.07, 6.45) is 0. The average molecular weight is 366 g/mol. The smallest absolute Gasteiger partial charge is 0.268 e. The molecule has 0 radical (unpaired) electrons. The zero-order chi connectivity index (χ0) is 19.4. The number of nitrogens with zero attached hydrogens (tertiary/aromatic N) is 2. The van der Waals surface area contributed by atoms with Crippen molar-refractivity contribution in [1.82, 2.24) is 4.57 Å². The molecule has 0 atom stereocenters. The minimum Gasteiger partial charge on any atom is -0.497 e. The molecule has 0 spiro atoms. The van der Waals surface area contributed by atoms with Crippen LogP contribution in [0.25, 0.3) is 22.5 Å². The van der Waals surface area contributed by atoms with Gasteiger partial charge in [0.1, 0.15) is 18.1 Å². The Balaban J connectivity index is 2.08. The van der Waals surface area contributed by atoms with Crippen LogP contribution < -0.4 is 16.2 Å². The topological polar surface area (TPSA) is 95.6 Å². The Morgan fingerprint density at radius 2 is 1.48 bits per heavy atom. The number of hydrogen-bond acceptors (Lipinski definition) is 2. The highest BCUT2D eigenvalue weighted by Gasteiger charge is 2.15. The Hall–Kier alpha value is -3.61. The fourth-order valence-corrected chi connectivity index (χ4v) is 2.84. The lowest BCUT2D eigenvalue weighted by Gasteiger charge is -2.13. The van der Waals surface area contributed by atoms with Gasteiger partial charge in [-0.2, -0.15) is 4.99 Å². The van der Waals surface area contributed by atoms with E-state index in [4.69, 9.17) is 16.2 Å². The molecule has 4 N–H and O–H groups in total. The number of aromatic nitrogens is 1. The summed E-state index contributed by atoms with van der Waals surface area (Å²) in [5.41, 5.74) is 13.8. The van der Waals surface area contributed by atoms with Crippen LogP contribution in [0.1, 0.15) is 0 Å². The van der Waals surface area contributed by atoms with Gasteiger partial charge >= 0.3 is 0 Å². The molecule has 27 heavy (non-hydrogen) atoms. The van der Waals surface area contributed by atoms with Crippen LogP contribution in [0.3, 0.4) is 0 Å². The van der Waals surface area contributed by atoms with Gasteiger partial charge < -0.3 is 20.8 Å². The fraction of sp³-hybridized carbons (Fsp3) is 0.100. The predicted molar refractivity (Wildman–Crippen MR) is 103 cm³/mol. The molecular formula is C20H19FN4O2. The second-order valence-electron chi connectivity index (χ2n) is 5.86. The van der Waals surface area contributed by atoms with Gasteiger partial charge in [0.2, 0.25) is 0 Å². The van der Waals surface area contributed by atoms with Crippen LogP contribution in [0.15, 0.2) is 65.7 Å². The SMILES string of the molecule is COc1ccc(-c2ccc(-c3ccc(F)cc3)n2CC(=O)N=C(N)N)cc1. The van der Waals surface area contributed by atoms with Crippen LogP contribution >= 0.6 is 0 Å². The molecule has 0 aliphatic heterocycles. The summed E-state index contributed by atoms with van der Waals surface area (Å²) in [5, 5.41) is 0. The third-order valence-corrected chi connectivity index (χ3v) is 4.05. The fourth-order valence-electron chi connectivity index (χ4n) is 2.84. The number of carbonyl (C=O) groups excluding carboxylic acids is 1. The molecule has 0 bridgehead atoms. The second-order valence-corrected chi connectivity index (χ2v) is 5.86. The molecule has 0 aliphatic rings. The number of carbonyl (C=O) groups is 1. The van der Waals surface area contributed by atoms with E-state index in [1.54, 1.807) is 23.8 Å². The van der Waals surface area contributed by atoms with Crippen molar-refractivity contribution in [3.05, 3.63) is 66.5 Å². The molecule has 0 aliphatic carbocycles. The summed E-state index contributed by atoms with van der Waals surface area (Å²) in [6.45, 7) is -0.0566. The van der Waals surface area contributed by atoms with Gasteiger partial charge in [-0.05, 0) is 71.8 Å². The van der Waals surface area contributed by atoms with Crippen molar-refractivity contribution in [2.75, 3.05) is 7.11 Å². The van der Waals surface area contributed by atoms with Gasteiger partial charge in [0, 0.05) is 11.4 Å². The molecule has 6 nitrogen and oxygen atoms in total. The lowest BCUT2D eigenvalue weighted by molar-refractivity contribution is -0.118. The molecule has 3 rings (SSSR count). The summed E-state index contributed by atoms with van der Waals surface area (Å²) < 4.78 is 20.3. The highest BCUT2D eigenvalue weighted by atomic mass is 19.1. The van der Waals surface area contributed by atoms with Crippen LogP contribution in [0, 0.1) is 5.82 Å². The first kappa shape index (κ1) is 18.2. The van der Waals surface area contributed by atoms with Crippen LogP contribution in [0.5, 0.6) is 5.75 Å². The van der Waals surface area contributed by atoms with Gasteiger partial charge in [0.25, 0.3) is 5.91 Å². The molecule has 7 heteroatoms. The third-order valence-electron chi connectivity index (χ3n) is 4.05. The average Bonchev–Trinajstić information content (AvgIpc) is 3.05. The summed E-state index contributed by atoms with van der Waals surface area (Å²) >= 11 is 0. The molecule has 138 valence electrons. The monoisotopic (exact) mass is 366 g/mol. The van der Waals surface area contributed by atoms with Crippen LogP contribution in [0.2, 0.25) is 0 Å². The molecule has 1 aromatic heterocycles. The first-order valence-electron chi connectivity index (χ1n) is 8.20. The maximum Gasteiger partial charge on any atom is 0.268 e. The maximum atomic E-state index is 13.3. The lowest BCUT2D eigenvalue weighted by atomic mass is 10.1. The number of methoxy groups -OCH3 is 1. The predicted octanol–water partition coefficient (Wildman–Crippen LogP) is 2.77. The molecule has 0 saturated carbocycles. The van der Waals surface area contributed by atoms with Crippen LogP contribution in [-0.4, -0.2) is 23.5 Å². The Labute approximate surface area is 155 Å². The number of amides is 1. The normalized spacial score (nSPS) is 10.4. The summed E-state index contributed by atoms with van der Waals surface area (Å²) in [6, 6.07) is 17.3. The molecule has 1 heterocycles. The molecule has 3 aromatic rings. The summed E-state index contributed by atoms with van der Waals surface area (Å²) in [5.74, 6) is -0.373. The van der Waals surface area contributed by atoms with Gasteiger partial charge in [0.05, 0.1) is 7.11 Å². The molecule has 1 amide bonds. The number of ether oxygens (including phenoxy) is 1. The molecular weight excluding hydrogens is 347 g/mol. The van der Waals surface area contributed by atoms with Gasteiger partial charge in [0.15, 0.2) is 5.96 Å². The van der Waals surface area contributed by atoms with E-state index in [2.05, 4.69) is 4.99 Å². The minimum absolute atomic E-state index is 0.0566. The van der Waals surface area contributed by atoms with E-state index in [0.717, 1.165) is 28.3 Å². The van der Waals surface area contributed by atoms with Gasteiger partial charge in [-0.3, -0.25) is 4.79 Å². The molecule has 0 saturated heterocycles. The van der Waals surface area contributed by atoms with Crippen molar-refractivity contribution in [2.45, 2.75) is 6.54 Å². The van der Waals surface area contributed by atoms with Crippen molar-refractivity contribution < 1.29 is 13.9 Å². The summed E-state index contributed by atoms with van der Waals surface area (Å²) in [7, 11) is 1.60. The van der Waals surface area contributed by atoms with Gasteiger partial charge in [-0.25, -0.2) is 4.39 Å². The van der Waals surface area contributed by atoms with Crippen molar-refractivity contribution >= 4 is 11.9 Å². The number of guanidine groups is 1. The van der Waals surface area contributed by atoms with E-state index < -0.39 is 5.91 Å². The summed E-state index contributed by atoms with van der Waals surface area (Å²) in [4.78, 5) is 15.8. The van der Waals surface area contributed by atoms with E-state index in [-0.39, 0.29) is 18.3 Å². The highest BCUT2D eigenvalue weighted by molar-refractivity contribution is 5.92. The number of halogens is 1. The van der Waals surface area contributed by atoms with E-state index in [1.807, 2.05) is 36.4 Å². The molecule has 2 aromatic carbocycles. The number of hydrogen-bond donors (Lipinski definition) is 2. The Kier molecular flexibility index (Phi) is 5.21. The number of nitrogens with two attached hydrogens (primary N) is 2.